The molecule has 0 amide bonds. The van der Waals surface area contributed by atoms with E-state index in [0.717, 1.165) is 12.1 Å². The number of aromatic nitrogens is 2. The molecule has 0 aliphatic carbocycles. The third-order valence-electron chi connectivity index (χ3n) is 2.74. The van der Waals surface area contributed by atoms with Gasteiger partial charge in [-0.15, -0.1) is 0 Å². The monoisotopic (exact) mass is 272 g/mol. The lowest BCUT2D eigenvalue weighted by Gasteiger charge is -2.09. The number of aromatic carboxylic acids is 1. The normalized spacial score (nSPS) is 12.3. The Morgan fingerprint density at radius 3 is 2.53 bits per heavy atom. The summed E-state index contributed by atoms with van der Waals surface area (Å²) < 4.78 is 39.1. The van der Waals surface area contributed by atoms with E-state index in [1.54, 1.807) is 13.8 Å². The van der Waals surface area contributed by atoms with Crippen LogP contribution in [0.3, 0.4) is 0 Å². The highest BCUT2D eigenvalue weighted by Gasteiger charge is 2.31. The second-order valence-electron chi connectivity index (χ2n) is 4.45. The molecule has 2 aromatic rings. The van der Waals surface area contributed by atoms with E-state index in [-0.39, 0.29) is 17.3 Å². The molecule has 0 unspecified atom stereocenters. The quantitative estimate of drug-likeness (QED) is 0.913. The van der Waals surface area contributed by atoms with Gasteiger partial charge in [-0.25, -0.2) is 9.78 Å². The molecule has 0 fully saturated rings. The van der Waals surface area contributed by atoms with Gasteiger partial charge in [-0.1, -0.05) is 13.8 Å². The number of pyridine rings is 1. The van der Waals surface area contributed by atoms with Gasteiger partial charge in [0.2, 0.25) is 0 Å². The average molecular weight is 272 g/mol. The molecule has 0 spiro atoms. The van der Waals surface area contributed by atoms with Gasteiger partial charge >= 0.3 is 12.1 Å². The van der Waals surface area contributed by atoms with Crippen molar-refractivity contribution in [3.8, 4) is 0 Å². The van der Waals surface area contributed by atoms with Gasteiger partial charge < -0.3 is 9.51 Å². The van der Waals surface area contributed by atoms with Crippen LogP contribution in [0.25, 0.3) is 5.65 Å². The third kappa shape index (κ3) is 2.27. The number of hydrogen-bond donors (Lipinski definition) is 1. The average Bonchev–Trinajstić information content (AvgIpc) is 2.65. The molecule has 0 radical (unpaired) electrons. The Morgan fingerprint density at radius 2 is 2.05 bits per heavy atom. The van der Waals surface area contributed by atoms with Crippen molar-refractivity contribution in [1.82, 2.24) is 9.38 Å². The molecular weight excluding hydrogens is 261 g/mol. The van der Waals surface area contributed by atoms with Crippen LogP contribution in [0, 0.1) is 0 Å². The van der Waals surface area contributed by atoms with Crippen LogP contribution < -0.4 is 0 Å². The van der Waals surface area contributed by atoms with Crippen LogP contribution in [0.1, 0.15) is 41.5 Å². The number of carboxylic acid groups (broad SMARTS) is 1. The minimum Gasteiger partial charge on any atom is -0.476 e. The molecule has 7 heteroatoms. The van der Waals surface area contributed by atoms with Crippen LogP contribution in [0.5, 0.6) is 0 Å². The minimum atomic E-state index is -4.48. The molecule has 0 aliphatic rings. The molecule has 2 aromatic heterocycles. The van der Waals surface area contributed by atoms with Crippen molar-refractivity contribution in [2.75, 3.05) is 0 Å². The van der Waals surface area contributed by atoms with Gasteiger partial charge in [-0.3, -0.25) is 0 Å². The van der Waals surface area contributed by atoms with E-state index in [2.05, 4.69) is 4.98 Å². The summed E-state index contributed by atoms with van der Waals surface area (Å²) in [5, 5.41) is 9.05. The molecule has 2 rings (SSSR count). The molecule has 4 nitrogen and oxygen atoms in total. The van der Waals surface area contributed by atoms with Crippen molar-refractivity contribution in [1.29, 1.82) is 0 Å². The Balaban J connectivity index is 2.73. The predicted molar refractivity (Wildman–Crippen MR) is 61.2 cm³/mol. The zero-order valence-corrected chi connectivity index (χ0v) is 10.2. The van der Waals surface area contributed by atoms with Gasteiger partial charge in [0.15, 0.2) is 5.69 Å². The Kier molecular flexibility index (Phi) is 3.00. The first-order chi connectivity index (χ1) is 8.71. The van der Waals surface area contributed by atoms with Crippen LogP contribution in [-0.4, -0.2) is 20.5 Å². The van der Waals surface area contributed by atoms with Crippen LogP contribution in [0.2, 0.25) is 0 Å². The highest BCUT2D eigenvalue weighted by atomic mass is 19.4. The van der Waals surface area contributed by atoms with Gasteiger partial charge in [0.05, 0.1) is 11.3 Å². The summed E-state index contributed by atoms with van der Waals surface area (Å²) in [5.74, 6) is -1.42. The number of nitrogens with zero attached hydrogens (tertiary/aromatic N) is 2. The number of hydrogen-bond acceptors (Lipinski definition) is 2. The van der Waals surface area contributed by atoms with E-state index in [1.165, 1.54) is 10.6 Å². The maximum Gasteiger partial charge on any atom is 0.416 e. The first kappa shape index (κ1) is 13.4. The number of halogens is 3. The van der Waals surface area contributed by atoms with E-state index in [0.29, 0.717) is 5.69 Å². The number of imidazole rings is 1. The summed E-state index contributed by atoms with van der Waals surface area (Å²) in [7, 11) is 0. The van der Waals surface area contributed by atoms with Crippen LogP contribution >= 0.6 is 0 Å². The summed E-state index contributed by atoms with van der Waals surface area (Å²) in [6.45, 7) is 3.52. The highest BCUT2D eigenvalue weighted by Crippen LogP contribution is 2.31. The Labute approximate surface area is 106 Å². The van der Waals surface area contributed by atoms with Crippen LogP contribution in [0.4, 0.5) is 13.2 Å². The van der Waals surface area contributed by atoms with Gasteiger partial charge in [-0.05, 0) is 18.1 Å². The molecule has 0 aromatic carbocycles. The molecule has 19 heavy (non-hydrogen) atoms. The van der Waals surface area contributed by atoms with E-state index < -0.39 is 17.7 Å². The number of fused-ring (bicyclic) bond motifs is 1. The first-order valence-electron chi connectivity index (χ1n) is 5.54. The fourth-order valence-corrected chi connectivity index (χ4v) is 1.95. The lowest BCUT2D eigenvalue weighted by Crippen LogP contribution is -2.07. The molecule has 1 N–H and O–H groups in total. The Bertz CT molecular complexity index is 644. The van der Waals surface area contributed by atoms with Gasteiger partial charge in [0.1, 0.15) is 5.65 Å². The van der Waals surface area contributed by atoms with Gasteiger partial charge in [0, 0.05) is 6.20 Å². The fourth-order valence-electron chi connectivity index (χ4n) is 1.95. The predicted octanol–water partition coefficient (Wildman–Crippen LogP) is 3.17. The number of carbonyl (C=O) groups is 1. The standard InChI is InChI=1S/C12H11F3N2O2/c1-6(2)10-9(11(18)19)16-8-5-7(12(13,14)15)3-4-17(8)10/h3-6H,1-2H3,(H,18,19). The van der Waals surface area contributed by atoms with Crippen molar-refractivity contribution in [2.24, 2.45) is 0 Å². The zero-order valence-electron chi connectivity index (χ0n) is 10.2. The molecule has 102 valence electrons. The van der Waals surface area contributed by atoms with E-state index in [4.69, 9.17) is 5.11 Å². The summed E-state index contributed by atoms with van der Waals surface area (Å²) in [4.78, 5) is 14.9. The van der Waals surface area contributed by atoms with E-state index in [9.17, 15) is 18.0 Å². The van der Waals surface area contributed by atoms with Gasteiger partial charge in [-0.2, -0.15) is 13.2 Å². The second-order valence-corrected chi connectivity index (χ2v) is 4.45. The van der Waals surface area contributed by atoms with Crippen LogP contribution in [0.15, 0.2) is 18.3 Å². The van der Waals surface area contributed by atoms with Crippen molar-refractivity contribution >= 4 is 11.6 Å². The molecule has 0 atom stereocenters. The fraction of sp³-hybridized carbons (Fsp3) is 0.333. The summed E-state index contributed by atoms with van der Waals surface area (Å²) in [5.41, 5.74) is -0.696. The Morgan fingerprint density at radius 1 is 1.42 bits per heavy atom. The zero-order chi connectivity index (χ0) is 14.4. The molecule has 0 aliphatic heterocycles. The number of rotatable bonds is 2. The van der Waals surface area contributed by atoms with Crippen LogP contribution in [-0.2, 0) is 6.18 Å². The highest BCUT2D eigenvalue weighted by molar-refractivity contribution is 5.88. The summed E-state index contributed by atoms with van der Waals surface area (Å²) >= 11 is 0. The molecule has 0 saturated carbocycles. The van der Waals surface area contributed by atoms with Crippen molar-refractivity contribution in [2.45, 2.75) is 25.9 Å². The summed E-state index contributed by atoms with van der Waals surface area (Å²) in [6.07, 6.45) is -3.28. The van der Waals surface area contributed by atoms with Crippen molar-refractivity contribution in [3.05, 3.63) is 35.3 Å². The number of alkyl halides is 3. The lowest BCUT2D eigenvalue weighted by atomic mass is 10.1. The largest absolute Gasteiger partial charge is 0.476 e. The SMILES string of the molecule is CC(C)c1c(C(=O)O)nc2cc(C(F)(F)F)ccn12. The Hall–Kier alpha value is -2.05. The summed E-state index contributed by atoms with van der Waals surface area (Å²) in [6, 6.07) is 1.75. The number of carboxylic acids is 1. The first-order valence-corrected chi connectivity index (χ1v) is 5.54. The van der Waals surface area contributed by atoms with Gasteiger partial charge in [0.25, 0.3) is 0 Å². The topological polar surface area (TPSA) is 54.6 Å². The second kappa shape index (κ2) is 4.25. The van der Waals surface area contributed by atoms with E-state index in [1.807, 2.05) is 0 Å². The molecule has 2 heterocycles. The lowest BCUT2D eigenvalue weighted by molar-refractivity contribution is -0.137. The molecular formula is C12H11F3N2O2. The van der Waals surface area contributed by atoms with Crippen molar-refractivity contribution in [3.63, 3.8) is 0 Å². The smallest absolute Gasteiger partial charge is 0.416 e. The maximum atomic E-state index is 12.6. The van der Waals surface area contributed by atoms with E-state index >= 15 is 0 Å². The van der Waals surface area contributed by atoms with Crippen molar-refractivity contribution < 1.29 is 23.1 Å². The molecule has 0 bridgehead atoms. The minimum absolute atomic E-state index is 0.0177. The third-order valence-corrected chi connectivity index (χ3v) is 2.74. The molecule has 0 saturated heterocycles. The maximum absolute atomic E-state index is 12.6.